The second kappa shape index (κ2) is 5.79. The highest BCUT2D eigenvalue weighted by atomic mass is 79.9. The van der Waals surface area contributed by atoms with Crippen molar-refractivity contribution in [1.29, 1.82) is 0 Å². The summed E-state index contributed by atoms with van der Waals surface area (Å²) in [5, 5.41) is 2.59. The standard InChI is InChI=1S/C13H10BrFN2O2/c1-19-11-3-2-9(7-10(11)15)17-13(18)8-4-5-16-12(14)6-8/h2-7H,1H3,(H,17,18). The minimum atomic E-state index is -0.531. The smallest absolute Gasteiger partial charge is 0.255 e. The minimum absolute atomic E-state index is 0.129. The Labute approximate surface area is 117 Å². The van der Waals surface area contributed by atoms with Crippen LogP contribution >= 0.6 is 15.9 Å². The number of amides is 1. The Morgan fingerprint density at radius 2 is 2.16 bits per heavy atom. The van der Waals surface area contributed by atoms with Crippen LogP contribution in [0.25, 0.3) is 0 Å². The van der Waals surface area contributed by atoms with Gasteiger partial charge in [-0.05, 0) is 40.2 Å². The zero-order valence-corrected chi connectivity index (χ0v) is 11.6. The highest BCUT2D eigenvalue weighted by Gasteiger charge is 2.09. The first-order valence-corrected chi connectivity index (χ1v) is 6.16. The van der Waals surface area contributed by atoms with E-state index in [0.29, 0.717) is 15.9 Å². The molecule has 0 atom stereocenters. The van der Waals surface area contributed by atoms with Crippen LogP contribution in [0.3, 0.4) is 0 Å². The first kappa shape index (κ1) is 13.5. The molecule has 1 heterocycles. The lowest BCUT2D eigenvalue weighted by Gasteiger charge is -2.07. The van der Waals surface area contributed by atoms with Gasteiger partial charge in [0, 0.05) is 23.5 Å². The third kappa shape index (κ3) is 3.29. The molecule has 1 N–H and O–H groups in total. The monoisotopic (exact) mass is 324 g/mol. The third-order valence-corrected chi connectivity index (χ3v) is 2.83. The molecule has 98 valence electrons. The first-order chi connectivity index (χ1) is 9.10. The quantitative estimate of drug-likeness (QED) is 0.882. The highest BCUT2D eigenvalue weighted by molar-refractivity contribution is 9.10. The van der Waals surface area contributed by atoms with E-state index in [0.717, 1.165) is 0 Å². The number of benzene rings is 1. The Morgan fingerprint density at radius 1 is 1.37 bits per heavy atom. The van der Waals surface area contributed by atoms with Gasteiger partial charge in [0.15, 0.2) is 11.6 Å². The molecule has 0 radical (unpaired) electrons. The van der Waals surface area contributed by atoms with Crippen molar-refractivity contribution in [2.75, 3.05) is 12.4 Å². The van der Waals surface area contributed by atoms with Crippen molar-refractivity contribution < 1.29 is 13.9 Å². The van der Waals surface area contributed by atoms with E-state index < -0.39 is 5.82 Å². The molecule has 0 aliphatic heterocycles. The summed E-state index contributed by atoms with van der Waals surface area (Å²) in [6.07, 6.45) is 1.51. The fourth-order valence-corrected chi connectivity index (χ4v) is 1.86. The lowest BCUT2D eigenvalue weighted by Crippen LogP contribution is -2.12. The molecule has 4 nitrogen and oxygen atoms in total. The van der Waals surface area contributed by atoms with Crippen LogP contribution in [-0.2, 0) is 0 Å². The van der Waals surface area contributed by atoms with E-state index in [1.807, 2.05) is 0 Å². The van der Waals surface area contributed by atoms with Crippen molar-refractivity contribution in [3.63, 3.8) is 0 Å². The predicted octanol–water partition coefficient (Wildman–Crippen LogP) is 3.24. The van der Waals surface area contributed by atoms with E-state index >= 15 is 0 Å². The normalized spacial score (nSPS) is 10.1. The van der Waals surface area contributed by atoms with Crippen LogP contribution in [0, 0.1) is 5.82 Å². The van der Waals surface area contributed by atoms with Gasteiger partial charge in [-0.1, -0.05) is 0 Å². The van der Waals surface area contributed by atoms with Gasteiger partial charge in [0.1, 0.15) is 4.60 Å². The summed E-state index contributed by atoms with van der Waals surface area (Å²) in [5.74, 6) is -0.742. The predicted molar refractivity (Wildman–Crippen MR) is 72.8 cm³/mol. The summed E-state index contributed by atoms with van der Waals surface area (Å²) in [6, 6.07) is 7.37. The van der Waals surface area contributed by atoms with Crippen LogP contribution in [0.4, 0.5) is 10.1 Å². The molecule has 0 aliphatic rings. The van der Waals surface area contributed by atoms with Crippen LogP contribution in [0.1, 0.15) is 10.4 Å². The molecule has 0 saturated carbocycles. The van der Waals surface area contributed by atoms with E-state index in [-0.39, 0.29) is 11.7 Å². The van der Waals surface area contributed by atoms with Gasteiger partial charge in [-0.2, -0.15) is 0 Å². The minimum Gasteiger partial charge on any atom is -0.494 e. The molecule has 0 bridgehead atoms. The van der Waals surface area contributed by atoms with Crippen molar-refractivity contribution in [1.82, 2.24) is 4.98 Å². The topological polar surface area (TPSA) is 51.2 Å². The number of aromatic nitrogens is 1. The average Bonchev–Trinajstić information content (AvgIpc) is 2.39. The number of rotatable bonds is 3. The van der Waals surface area contributed by atoms with E-state index in [1.54, 1.807) is 18.2 Å². The van der Waals surface area contributed by atoms with Gasteiger partial charge >= 0.3 is 0 Å². The number of hydrogen-bond donors (Lipinski definition) is 1. The van der Waals surface area contributed by atoms with Crippen LogP contribution in [0.2, 0.25) is 0 Å². The van der Waals surface area contributed by atoms with Gasteiger partial charge in [0.2, 0.25) is 0 Å². The summed E-state index contributed by atoms with van der Waals surface area (Å²) < 4.78 is 18.8. The Bertz CT molecular complexity index is 619. The molecule has 0 saturated heterocycles. The molecule has 0 unspecified atom stereocenters. The fourth-order valence-electron chi connectivity index (χ4n) is 1.49. The fraction of sp³-hybridized carbons (Fsp3) is 0.0769. The second-order valence-electron chi connectivity index (χ2n) is 3.67. The van der Waals surface area contributed by atoms with Gasteiger partial charge in [0.05, 0.1) is 7.11 Å². The van der Waals surface area contributed by atoms with Gasteiger partial charge < -0.3 is 10.1 Å². The van der Waals surface area contributed by atoms with Gasteiger partial charge in [-0.15, -0.1) is 0 Å². The molecule has 6 heteroatoms. The molecule has 2 aromatic rings. The number of nitrogens with zero attached hydrogens (tertiary/aromatic N) is 1. The number of methoxy groups -OCH3 is 1. The van der Waals surface area contributed by atoms with Gasteiger partial charge in [-0.25, -0.2) is 9.37 Å². The Kier molecular flexibility index (Phi) is 4.11. The van der Waals surface area contributed by atoms with Crippen molar-refractivity contribution in [3.05, 3.63) is 52.5 Å². The zero-order valence-electron chi connectivity index (χ0n) is 9.98. The zero-order chi connectivity index (χ0) is 13.8. The number of carbonyl (C=O) groups excluding carboxylic acids is 1. The van der Waals surface area contributed by atoms with Crippen molar-refractivity contribution in [3.8, 4) is 5.75 Å². The Hall–Kier alpha value is -1.95. The maximum Gasteiger partial charge on any atom is 0.255 e. The van der Waals surface area contributed by atoms with Crippen LogP contribution in [0.5, 0.6) is 5.75 Å². The summed E-state index contributed by atoms with van der Waals surface area (Å²) in [6.45, 7) is 0. The number of hydrogen-bond acceptors (Lipinski definition) is 3. The summed E-state index contributed by atoms with van der Waals surface area (Å²) in [5.41, 5.74) is 0.786. The maximum atomic E-state index is 13.5. The molecular formula is C13H10BrFN2O2. The van der Waals surface area contributed by atoms with Crippen LogP contribution < -0.4 is 10.1 Å². The average molecular weight is 325 g/mol. The summed E-state index contributed by atoms with van der Waals surface area (Å²) in [7, 11) is 1.38. The van der Waals surface area contributed by atoms with E-state index in [2.05, 4.69) is 26.2 Å². The number of anilines is 1. The number of pyridine rings is 1. The number of halogens is 2. The Morgan fingerprint density at radius 3 is 2.79 bits per heavy atom. The molecule has 2 rings (SSSR count). The van der Waals surface area contributed by atoms with Crippen molar-refractivity contribution in [2.24, 2.45) is 0 Å². The number of ether oxygens (including phenoxy) is 1. The third-order valence-electron chi connectivity index (χ3n) is 2.40. The van der Waals surface area contributed by atoms with E-state index in [9.17, 15) is 9.18 Å². The molecule has 1 amide bonds. The molecule has 0 aliphatic carbocycles. The SMILES string of the molecule is COc1ccc(NC(=O)c2ccnc(Br)c2)cc1F. The molecule has 19 heavy (non-hydrogen) atoms. The molecule has 1 aromatic carbocycles. The second-order valence-corrected chi connectivity index (χ2v) is 4.48. The number of carbonyl (C=O) groups is 1. The van der Waals surface area contributed by atoms with Crippen molar-refractivity contribution in [2.45, 2.75) is 0 Å². The largest absolute Gasteiger partial charge is 0.494 e. The first-order valence-electron chi connectivity index (χ1n) is 5.36. The van der Waals surface area contributed by atoms with Gasteiger partial charge in [0.25, 0.3) is 5.91 Å². The summed E-state index contributed by atoms with van der Waals surface area (Å²) in [4.78, 5) is 15.8. The van der Waals surface area contributed by atoms with Crippen LogP contribution in [0.15, 0.2) is 41.1 Å². The van der Waals surface area contributed by atoms with Crippen molar-refractivity contribution >= 4 is 27.5 Å². The molecule has 0 spiro atoms. The molecular weight excluding hydrogens is 315 g/mol. The van der Waals surface area contributed by atoms with E-state index in [4.69, 9.17) is 4.74 Å². The van der Waals surface area contributed by atoms with Crippen LogP contribution in [-0.4, -0.2) is 18.0 Å². The lowest BCUT2D eigenvalue weighted by molar-refractivity contribution is 0.102. The Balaban J connectivity index is 2.17. The van der Waals surface area contributed by atoms with E-state index in [1.165, 1.54) is 25.4 Å². The summed E-state index contributed by atoms with van der Waals surface area (Å²) >= 11 is 3.18. The van der Waals surface area contributed by atoms with Gasteiger partial charge in [-0.3, -0.25) is 4.79 Å². The molecule has 0 fully saturated rings. The lowest BCUT2D eigenvalue weighted by atomic mass is 10.2. The highest BCUT2D eigenvalue weighted by Crippen LogP contribution is 2.21. The number of nitrogens with one attached hydrogen (secondary N) is 1. The maximum absolute atomic E-state index is 13.5. The molecule has 1 aromatic heterocycles.